The number of alkyl halides is 3. The minimum atomic E-state index is -4.28. The van der Waals surface area contributed by atoms with Crippen molar-refractivity contribution < 1.29 is 13.2 Å². The summed E-state index contributed by atoms with van der Waals surface area (Å²) in [5.41, 5.74) is 0.803. The molecule has 0 saturated carbocycles. The molecule has 92 valence electrons. The molecule has 1 heterocycles. The van der Waals surface area contributed by atoms with Crippen LogP contribution in [0.15, 0.2) is 29.3 Å². The quantitative estimate of drug-likeness (QED) is 0.706. The van der Waals surface area contributed by atoms with E-state index in [1.54, 1.807) is 6.07 Å². The molecule has 0 saturated heterocycles. The van der Waals surface area contributed by atoms with Crippen molar-refractivity contribution in [3.63, 3.8) is 0 Å². The SMILES string of the molecule is C[C@H]1CCC(c2cccc(C(F)(F)F)c2)=NC1. The van der Waals surface area contributed by atoms with E-state index < -0.39 is 11.7 Å². The molecule has 0 aromatic heterocycles. The monoisotopic (exact) mass is 241 g/mol. The molecule has 4 heteroatoms. The fourth-order valence-corrected chi connectivity index (χ4v) is 1.93. The smallest absolute Gasteiger partial charge is 0.289 e. The maximum atomic E-state index is 12.6. The fraction of sp³-hybridized carbons (Fsp3) is 0.462. The normalized spacial score (nSPS) is 21.2. The van der Waals surface area contributed by atoms with Gasteiger partial charge in [0.2, 0.25) is 0 Å². The fourth-order valence-electron chi connectivity index (χ4n) is 1.93. The van der Waals surface area contributed by atoms with E-state index in [2.05, 4.69) is 11.9 Å². The van der Waals surface area contributed by atoms with Crippen LogP contribution in [0.5, 0.6) is 0 Å². The molecule has 1 nitrogen and oxygen atoms in total. The lowest BCUT2D eigenvalue weighted by Gasteiger charge is -2.18. The van der Waals surface area contributed by atoms with Gasteiger partial charge in [0, 0.05) is 12.3 Å². The van der Waals surface area contributed by atoms with Crippen LogP contribution in [0, 0.1) is 5.92 Å². The van der Waals surface area contributed by atoms with Crippen LogP contribution in [-0.4, -0.2) is 12.3 Å². The summed E-state index contributed by atoms with van der Waals surface area (Å²) >= 11 is 0. The lowest BCUT2D eigenvalue weighted by atomic mass is 9.95. The second kappa shape index (κ2) is 4.51. The Morgan fingerprint density at radius 2 is 2.06 bits per heavy atom. The average molecular weight is 241 g/mol. The average Bonchev–Trinajstić information content (AvgIpc) is 2.29. The molecular formula is C13H14F3N. The summed E-state index contributed by atoms with van der Waals surface area (Å²) in [6.45, 7) is 2.82. The molecule has 1 aromatic rings. The third kappa shape index (κ3) is 2.87. The summed E-state index contributed by atoms with van der Waals surface area (Å²) < 4.78 is 37.7. The molecule has 0 N–H and O–H groups in total. The van der Waals surface area contributed by atoms with Crippen molar-refractivity contribution in [2.45, 2.75) is 25.9 Å². The Kier molecular flexibility index (Phi) is 3.22. The van der Waals surface area contributed by atoms with Crippen LogP contribution in [0.4, 0.5) is 13.2 Å². The van der Waals surface area contributed by atoms with E-state index in [0.29, 0.717) is 18.0 Å². The first kappa shape index (κ1) is 12.1. The Labute approximate surface area is 98.4 Å². The standard InChI is InChI=1S/C13H14F3N/c1-9-5-6-12(17-8-9)10-3-2-4-11(7-10)13(14,15)16/h2-4,7,9H,5-6,8H2,1H3/t9-/m0/s1. The molecule has 1 aromatic carbocycles. The van der Waals surface area contributed by atoms with Gasteiger partial charge in [0.05, 0.1) is 5.56 Å². The van der Waals surface area contributed by atoms with Crippen molar-refractivity contribution in [1.29, 1.82) is 0 Å². The molecule has 0 radical (unpaired) electrons. The summed E-state index contributed by atoms with van der Waals surface area (Å²) in [5.74, 6) is 0.532. The number of hydrogen-bond acceptors (Lipinski definition) is 1. The highest BCUT2D eigenvalue weighted by Gasteiger charge is 2.30. The number of aliphatic imine (C=N–C) groups is 1. The van der Waals surface area contributed by atoms with Crippen LogP contribution >= 0.6 is 0 Å². The van der Waals surface area contributed by atoms with E-state index in [1.165, 1.54) is 12.1 Å². The zero-order valence-corrected chi connectivity index (χ0v) is 9.59. The Morgan fingerprint density at radius 1 is 1.29 bits per heavy atom. The first-order valence-corrected chi connectivity index (χ1v) is 5.68. The van der Waals surface area contributed by atoms with Crippen molar-refractivity contribution in [3.05, 3.63) is 35.4 Å². The highest BCUT2D eigenvalue weighted by molar-refractivity contribution is 6.01. The number of nitrogens with zero attached hydrogens (tertiary/aromatic N) is 1. The third-order valence-electron chi connectivity index (χ3n) is 2.99. The summed E-state index contributed by atoms with van der Waals surface area (Å²) in [5, 5.41) is 0. The van der Waals surface area contributed by atoms with Gasteiger partial charge in [0.15, 0.2) is 0 Å². The van der Waals surface area contributed by atoms with Gasteiger partial charge in [-0.25, -0.2) is 0 Å². The van der Waals surface area contributed by atoms with Crippen LogP contribution in [0.1, 0.15) is 30.9 Å². The van der Waals surface area contributed by atoms with E-state index in [4.69, 9.17) is 0 Å². The largest absolute Gasteiger partial charge is 0.416 e. The number of halogens is 3. The van der Waals surface area contributed by atoms with Crippen molar-refractivity contribution in [2.75, 3.05) is 6.54 Å². The molecule has 1 atom stereocenters. The molecule has 2 rings (SSSR count). The van der Waals surface area contributed by atoms with Gasteiger partial charge in [-0.1, -0.05) is 19.1 Å². The predicted octanol–water partition coefficient (Wildman–Crippen LogP) is 3.92. The highest BCUT2D eigenvalue weighted by atomic mass is 19.4. The Morgan fingerprint density at radius 3 is 2.65 bits per heavy atom. The molecule has 0 amide bonds. The van der Waals surface area contributed by atoms with Crippen LogP contribution in [-0.2, 0) is 6.18 Å². The maximum absolute atomic E-state index is 12.6. The number of hydrogen-bond donors (Lipinski definition) is 0. The molecule has 0 unspecified atom stereocenters. The van der Waals surface area contributed by atoms with Crippen molar-refractivity contribution in [1.82, 2.24) is 0 Å². The Hall–Kier alpha value is -1.32. The van der Waals surface area contributed by atoms with E-state index in [9.17, 15) is 13.2 Å². The lowest BCUT2D eigenvalue weighted by molar-refractivity contribution is -0.137. The van der Waals surface area contributed by atoms with E-state index in [0.717, 1.165) is 24.6 Å². The maximum Gasteiger partial charge on any atom is 0.416 e. The van der Waals surface area contributed by atoms with Gasteiger partial charge >= 0.3 is 6.18 Å². The molecule has 0 bridgehead atoms. The molecule has 0 aliphatic carbocycles. The van der Waals surface area contributed by atoms with Crippen LogP contribution in [0.2, 0.25) is 0 Å². The van der Waals surface area contributed by atoms with Gasteiger partial charge in [-0.3, -0.25) is 4.99 Å². The van der Waals surface area contributed by atoms with E-state index >= 15 is 0 Å². The van der Waals surface area contributed by atoms with Gasteiger partial charge < -0.3 is 0 Å². The van der Waals surface area contributed by atoms with Crippen molar-refractivity contribution in [3.8, 4) is 0 Å². The molecule has 0 spiro atoms. The first-order chi connectivity index (χ1) is 7.97. The Balaban J connectivity index is 2.28. The summed E-state index contributed by atoms with van der Waals surface area (Å²) in [6.07, 6.45) is -2.52. The summed E-state index contributed by atoms with van der Waals surface area (Å²) in [4.78, 5) is 4.35. The van der Waals surface area contributed by atoms with Gasteiger partial charge in [0.25, 0.3) is 0 Å². The second-order valence-electron chi connectivity index (χ2n) is 4.51. The third-order valence-corrected chi connectivity index (χ3v) is 2.99. The Bertz CT molecular complexity index is 435. The lowest BCUT2D eigenvalue weighted by Crippen LogP contribution is -2.15. The van der Waals surface area contributed by atoms with E-state index in [1.807, 2.05) is 0 Å². The zero-order valence-electron chi connectivity index (χ0n) is 9.59. The summed E-state index contributed by atoms with van der Waals surface area (Å²) in [6, 6.07) is 5.42. The second-order valence-corrected chi connectivity index (χ2v) is 4.51. The molecule has 0 fully saturated rings. The summed E-state index contributed by atoms with van der Waals surface area (Å²) in [7, 11) is 0. The van der Waals surface area contributed by atoms with E-state index in [-0.39, 0.29) is 0 Å². The highest BCUT2D eigenvalue weighted by Crippen LogP contribution is 2.30. The predicted molar refractivity (Wildman–Crippen MR) is 61.2 cm³/mol. The van der Waals surface area contributed by atoms with Crippen molar-refractivity contribution >= 4 is 5.71 Å². The molecule has 1 aliphatic heterocycles. The minimum Gasteiger partial charge on any atom is -0.289 e. The first-order valence-electron chi connectivity index (χ1n) is 5.68. The number of rotatable bonds is 1. The van der Waals surface area contributed by atoms with Gasteiger partial charge in [-0.15, -0.1) is 0 Å². The van der Waals surface area contributed by atoms with Crippen LogP contribution in [0.3, 0.4) is 0 Å². The van der Waals surface area contributed by atoms with Crippen LogP contribution < -0.4 is 0 Å². The van der Waals surface area contributed by atoms with Gasteiger partial charge in [-0.05, 0) is 36.5 Å². The van der Waals surface area contributed by atoms with Gasteiger partial charge in [-0.2, -0.15) is 13.2 Å². The van der Waals surface area contributed by atoms with Gasteiger partial charge in [0.1, 0.15) is 0 Å². The minimum absolute atomic E-state index is 0.532. The zero-order chi connectivity index (χ0) is 12.5. The van der Waals surface area contributed by atoms with Crippen molar-refractivity contribution in [2.24, 2.45) is 10.9 Å². The molecule has 17 heavy (non-hydrogen) atoms. The van der Waals surface area contributed by atoms with Crippen LogP contribution in [0.25, 0.3) is 0 Å². The topological polar surface area (TPSA) is 12.4 Å². The molecule has 1 aliphatic rings. The molecular weight excluding hydrogens is 227 g/mol. The number of benzene rings is 1.